The summed E-state index contributed by atoms with van der Waals surface area (Å²) < 4.78 is 21.8. The van der Waals surface area contributed by atoms with Crippen LogP contribution >= 0.6 is 11.6 Å². The fourth-order valence-electron chi connectivity index (χ4n) is 9.94. The van der Waals surface area contributed by atoms with Crippen LogP contribution in [0, 0.1) is 28.0 Å². The number of benzene rings is 2. The Balaban J connectivity index is 0.821. The Morgan fingerprint density at radius 3 is 2.25 bits per heavy atom. The summed E-state index contributed by atoms with van der Waals surface area (Å²) in [5.41, 5.74) is -0.154. The summed E-state index contributed by atoms with van der Waals surface area (Å²) in [4.78, 5) is 71.3. The number of carbonyl (C=O) groups is 5. The summed E-state index contributed by atoms with van der Waals surface area (Å²) in [6, 6.07) is 12.3. The predicted octanol–water partition coefficient (Wildman–Crippen LogP) is 3.94. The van der Waals surface area contributed by atoms with E-state index in [0.29, 0.717) is 47.0 Å². The summed E-state index contributed by atoms with van der Waals surface area (Å²) in [5.74, 6) is -2.67. The first-order valence-corrected chi connectivity index (χ1v) is 20.3. The molecule has 15 nitrogen and oxygen atoms in total. The molecule has 0 bridgehead atoms. The van der Waals surface area contributed by atoms with Crippen molar-refractivity contribution in [3.63, 3.8) is 0 Å². The number of piperidine rings is 2. The van der Waals surface area contributed by atoms with E-state index >= 15 is 4.39 Å². The second-order valence-corrected chi connectivity index (χ2v) is 17.5. The number of halogens is 2. The number of fused-ring (bicyclic) bond motifs is 1. The van der Waals surface area contributed by atoms with E-state index in [2.05, 4.69) is 36.7 Å². The Kier molecular flexibility index (Phi) is 10.3. The molecule has 4 fully saturated rings. The van der Waals surface area contributed by atoms with Crippen molar-refractivity contribution in [1.82, 2.24) is 30.6 Å². The number of hydrogen-bond donors (Lipinski definition) is 2. The van der Waals surface area contributed by atoms with Crippen molar-refractivity contribution in [2.75, 3.05) is 49.1 Å². The molecule has 308 valence electrons. The maximum atomic E-state index is 15.4. The molecule has 1 atom stereocenters. The number of hydrogen-bond acceptors (Lipinski definition) is 12. The topological polar surface area (TPSA) is 181 Å². The highest BCUT2D eigenvalue weighted by Crippen LogP contribution is 2.55. The lowest BCUT2D eigenvalue weighted by Crippen LogP contribution is -2.74. The largest absolute Gasteiger partial charge is 0.489 e. The smallest absolute Gasteiger partial charge is 0.272 e. The van der Waals surface area contributed by atoms with Gasteiger partial charge in [0.2, 0.25) is 11.8 Å². The summed E-state index contributed by atoms with van der Waals surface area (Å²) in [5, 5.41) is 23.6. The maximum Gasteiger partial charge on any atom is 0.272 e. The number of piperazine rings is 1. The van der Waals surface area contributed by atoms with Gasteiger partial charge in [0.25, 0.3) is 17.7 Å². The van der Waals surface area contributed by atoms with E-state index in [4.69, 9.17) is 16.3 Å². The number of amides is 5. The van der Waals surface area contributed by atoms with Gasteiger partial charge in [0, 0.05) is 80.4 Å². The summed E-state index contributed by atoms with van der Waals surface area (Å²) in [6.45, 7) is 12.4. The van der Waals surface area contributed by atoms with Crippen molar-refractivity contribution in [1.29, 1.82) is 5.26 Å². The molecule has 1 unspecified atom stereocenters. The molecular formula is C42H45ClFN9O6. The molecule has 1 saturated carbocycles. The van der Waals surface area contributed by atoms with E-state index in [9.17, 15) is 29.2 Å². The number of aromatic nitrogens is 2. The third-order valence-corrected chi connectivity index (χ3v) is 13.1. The van der Waals surface area contributed by atoms with Crippen LogP contribution in [0.5, 0.6) is 5.75 Å². The van der Waals surface area contributed by atoms with Gasteiger partial charge in [-0.2, -0.15) is 5.26 Å². The second kappa shape index (κ2) is 15.2. The molecule has 8 rings (SSSR count). The van der Waals surface area contributed by atoms with Crippen LogP contribution in [0.15, 0.2) is 42.5 Å². The fraction of sp³-hybridized carbons (Fsp3) is 0.476. The molecule has 5 heterocycles. The number of ether oxygens (including phenoxy) is 1. The molecular weight excluding hydrogens is 781 g/mol. The Labute approximate surface area is 345 Å². The van der Waals surface area contributed by atoms with Gasteiger partial charge < -0.3 is 19.9 Å². The molecule has 0 spiro atoms. The van der Waals surface area contributed by atoms with Gasteiger partial charge in [-0.3, -0.25) is 39.1 Å². The number of nitriles is 1. The molecule has 17 heteroatoms. The minimum Gasteiger partial charge on any atom is -0.489 e. The van der Waals surface area contributed by atoms with E-state index in [-0.39, 0.29) is 47.7 Å². The molecule has 2 N–H and O–H groups in total. The highest BCUT2D eigenvalue weighted by Gasteiger charge is 2.64. The first-order valence-electron chi connectivity index (χ1n) is 19.9. The molecule has 5 amide bonds. The van der Waals surface area contributed by atoms with Gasteiger partial charge in [0.15, 0.2) is 11.5 Å². The Bertz CT molecular complexity index is 2270. The minimum absolute atomic E-state index is 0.00110. The first-order chi connectivity index (χ1) is 28.1. The fourth-order valence-corrected chi connectivity index (χ4v) is 10.1. The Morgan fingerprint density at radius 2 is 1.63 bits per heavy atom. The van der Waals surface area contributed by atoms with Crippen molar-refractivity contribution >= 4 is 52.6 Å². The quantitative estimate of drug-likeness (QED) is 0.313. The van der Waals surface area contributed by atoms with Crippen LogP contribution in [0.1, 0.15) is 90.1 Å². The summed E-state index contributed by atoms with van der Waals surface area (Å²) in [7, 11) is 0. The van der Waals surface area contributed by atoms with Crippen LogP contribution in [0.2, 0.25) is 5.02 Å². The normalized spacial score (nSPS) is 24.3. The zero-order valence-electron chi connectivity index (χ0n) is 33.3. The lowest BCUT2D eigenvalue weighted by molar-refractivity contribution is -0.164. The second-order valence-electron chi connectivity index (χ2n) is 17.1. The molecule has 0 radical (unpaired) electrons. The van der Waals surface area contributed by atoms with Crippen molar-refractivity contribution < 1.29 is 33.1 Å². The highest BCUT2D eigenvalue weighted by atomic mass is 35.5. The van der Waals surface area contributed by atoms with Gasteiger partial charge >= 0.3 is 0 Å². The number of rotatable bonds is 8. The van der Waals surface area contributed by atoms with Crippen LogP contribution in [0.3, 0.4) is 0 Å². The third-order valence-electron chi connectivity index (χ3n) is 12.8. The number of carbonyl (C=O) groups excluding carboxylic acids is 5. The Morgan fingerprint density at radius 1 is 0.915 bits per heavy atom. The molecule has 3 aromatic rings. The van der Waals surface area contributed by atoms with Crippen molar-refractivity contribution in [3.8, 4) is 11.8 Å². The maximum absolute atomic E-state index is 15.4. The number of imide groups is 2. The highest BCUT2D eigenvalue weighted by molar-refractivity contribution is 6.31. The molecule has 1 aromatic heterocycles. The molecule has 2 aromatic carbocycles. The van der Waals surface area contributed by atoms with Crippen molar-refractivity contribution in [3.05, 3.63) is 75.7 Å². The number of nitrogens with one attached hydrogen (secondary N) is 2. The zero-order valence-corrected chi connectivity index (χ0v) is 34.0. The first kappa shape index (κ1) is 40.1. The minimum atomic E-state index is -1.16. The van der Waals surface area contributed by atoms with Crippen LogP contribution in [-0.4, -0.2) is 113 Å². The standard InChI is InChI=1S/C42H45ClFN9O6/c1-41(2)39(42(3,4)40(41)59-26-6-5-23(22-45)28(43)21-26)47-35(55)30-7-9-32(49-48-30)52-13-11-24(12-14-52)50-15-17-51(18-16-50)25-19-27-34(29(44)20-25)38(58)53(37(27)57)31-8-10-33(54)46-36(31)56/h5-7,9,19-21,24,31,39-40H,8,10-18H2,1-4H3,(H,47,55)(H,46,54,56). The third kappa shape index (κ3) is 7.14. The average Bonchev–Trinajstić information content (AvgIpc) is 3.47. The summed E-state index contributed by atoms with van der Waals surface area (Å²) >= 11 is 6.23. The molecule has 3 saturated heterocycles. The van der Waals surface area contributed by atoms with Crippen LogP contribution < -0.4 is 25.2 Å². The predicted molar refractivity (Wildman–Crippen MR) is 214 cm³/mol. The van der Waals surface area contributed by atoms with E-state index in [1.807, 2.05) is 38.7 Å². The SMILES string of the molecule is CC1(C)C(NC(=O)c2ccc(N3CCC(N4CCN(c5cc(F)c6c(c5)C(=O)N(C5CCC(=O)NC5=O)C6=O)CC4)CC3)nn2)C(C)(C)C1Oc1ccc(C#N)c(Cl)c1. The van der Waals surface area contributed by atoms with Crippen LogP contribution in [0.25, 0.3) is 0 Å². The van der Waals surface area contributed by atoms with Gasteiger partial charge in [-0.15, -0.1) is 10.2 Å². The molecule has 5 aliphatic rings. The van der Waals surface area contributed by atoms with Gasteiger partial charge in [0.1, 0.15) is 29.8 Å². The van der Waals surface area contributed by atoms with Gasteiger partial charge in [-0.1, -0.05) is 39.3 Å². The summed E-state index contributed by atoms with van der Waals surface area (Å²) in [6.07, 6.45) is 1.55. The molecule has 4 aliphatic heterocycles. The lowest BCUT2D eigenvalue weighted by atomic mass is 9.49. The van der Waals surface area contributed by atoms with E-state index in [1.165, 1.54) is 12.1 Å². The molecule has 1 aliphatic carbocycles. The van der Waals surface area contributed by atoms with E-state index < -0.39 is 46.3 Å². The number of nitrogens with zero attached hydrogens (tertiary/aromatic N) is 7. The molecule has 59 heavy (non-hydrogen) atoms. The lowest BCUT2D eigenvalue weighted by Gasteiger charge is -2.63. The van der Waals surface area contributed by atoms with Gasteiger partial charge in [0.05, 0.1) is 21.7 Å². The monoisotopic (exact) mass is 825 g/mol. The van der Waals surface area contributed by atoms with E-state index in [0.717, 1.165) is 43.9 Å². The van der Waals surface area contributed by atoms with Crippen molar-refractivity contribution in [2.24, 2.45) is 10.8 Å². The van der Waals surface area contributed by atoms with Crippen LogP contribution in [-0.2, 0) is 9.59 Å². The van der Waals surface area contributed by atoms with Crippen molar-refractivity contribution in [2.45, 2.75) is 77.6 Å². The number of anilines is 2. The van der Waals surface area contributed by atoms with Gasteiger partial charge in [-0.25, -0.2) is 4.39 Å². The van der Waals surface area contributed by atoms with Gasteiger partial charge in [-0.05, 0) is 55.7 Å². The average molecular weight is 826 g/mol. The van der Waals surface area contributed by atoms with E-state index in [1.54, 1.807) is 24.3 Å². The van der Waals surface area contributed by atoms with Crippen LogP contribution in [0.4, 0.5) is 15.9 Å². The zero-order chi connectivity index (χ0) is 42.0. The Hall–Kier alpha value is -5.66.